The minimum Gasteiger partial charge on any atom is -0.389 e. The van der Waals surface area contributed by atoms with Crippen molar-refractivity contribution >= 4 is 45.7 Å². The van der Waals surface area contributed by atoms with Gasteiger partial charge in [0.25, 0.3) is 5.92 Å². The van der Waals surface area contributed by atoms with Crippen LogP contribution in [0.3, 0.4) is 0 Å². The van der Waals surface area contributed by atoms with E-state index in [-0.39, 0.29) is 30.7 Å². The Morgan fingerprint density at radius 3 is 2.70 bits per heavy atom. The molecule has 3 fully saturated rings. The van der Waals surface area contributed by atoms with Crippen LogP contribution in [0.5, 0.6) is 0 Å². The van der Waals surface area contributed by atoms with E-state index in [1.54, 1.807) is 18.3 Å². The van der Waals surface area contributed by atoms with Gasteiger partial charge in [-0.2, -0.15) is 5.10 Å². The van der Waals surface area contributed by atoms with E-state index in [0.717, 1.165) is 4.68 Å². The van der Waals surface area contributed by atoms with Gasteiger partial charge in [-0.25, -0.2) is 27.8 Å². The fourth-order valence-corrected chi connectivity index (χ4v) is 5.89. The third-order valence-electron chi connectivity index (χ3n) is 7.82. The van der Waals surface area contributed by atoms with Gasteiger partial charge in [-0.15, -0.1) is 0 Å². The molecule has 2 saturated heterocycles. The van der Waals surface area contributed by atoms with Crippen LogP contribution in [-0.2, 0) is 4.74 Å². The van der Waals surface area contributed by atoms with E-state index in [9.17, 15) is 13.9 Å². The average Bonchev–Trinajstić information content (AvgIpc) is 3.13. The lowest BCUT2D eigenvalue weighted by atomic mass is 9.84. The largest absolute Gasteiger partial charge is 0.389 e. The molecule has 1 saturated carbocycles. The number of halogens is 5. The summed E-state index contributed by atoms with van der Waals surface area (Å²) in [5, 5.41) is 18.4. The molecule has 4 heterocycles. The van der Waals surface area contributed by atoms with Crippen molar-refractivity contribution in [1.82, 2.24) is 24.6 Å². The Kier molecular flexibility index (Phi) is 6.07. The first-order valence-electron chi connectivity index (χ1n) is 12.1. The molecule has 3 aromatic rings. The quantitative estimate of drug-likeness (QED) is 0.469. The first-order valence-corrected chi connectivity index (χ1v) is 12.8. The summed E-state index contributed by atoms with van der Waals surface area (Å²) in [4.78, 5) is 10.8. The number of rotatable bonds is 5. The average molecular weight is 557 g/mol. The Bertz CT molecular complexity index is 1360. The van der Waals surface area contributed by atoms with Crippen LogP contribution in [0.1, 0.15) is 37.3 Å². The van der Waals surface area contributed by atoms with E-state index in [0.29, 0.717) is 46.7 Å². The molecule has 4 unspecified atom stereocenters. The van der Waals surface area contributed by atoms with Crippen LogP contribution in [0.4, 0.5) is 24.8 Å². The maximum Gasteiger partial charge on any atom is 0.272 e. The Balaban J connectivity index is 1.23. The molecule has 6 rings (SSSR count). The van der Waals surface area contributed by atoms with Crippen LogP contribution in [-0.4, -0.2) is 79.8 Å². The van der Waals surface area contributed by atoms with Crippen molar-refractivity contribution in [2.24, 2.45) is 0 Å². The highest BCUT2D eigenvalue weighted by molar-refractivity contribution is 6.32. The molecule has 2 aromatic heterocycles. The second-order valence-electron chi connectivity index (χ2n) is 10.3. The summed E-state index contributed by atoms with van der Waals surface area (Å²) in [6.45, 7) is 3.27. The molecule has 0 spiro atoms. The van der Waals surface area contributed by atoms with Crippen molar-refractivity contribution in [1.29, 1.82) is 0 Å². The van der Waals surface area contributed by atoms with E-state index in [1.165, 1.54) is 6.20 Å². The highest BCUT2D eigenvalue weighted by Crippen LogP contribution is 2.53. The third-order valence-corrected chi connectivity index (χ3v) is 8.52. The number of piperidine rings is 1. The molecule has 0 amide bonds. The molecule has 1 aliphatic carbocycles. The summed E-state index contributed by atoms with van der Waals surface area (Å²) in [5.41, 5.74) is 0.901. The molecular formula is C24H25Cl2F3N6O2. The minimum atomic E-state index is -2.81. The number of anilines is 2. The van der Waals surface area contributed by atoms with Crippen molar-refractivity contribution in [3.63, 3.8) is 0 Å². The monoisotopic (exact) mass is 556 g/mol. The Labute approximate surface area is 220 Å². The molecule has 3 aliphatic rings. The number of nitrogens with zero attached hydrogens (tertiary/aromatic N) is 5. The predicted octanol–water partition coefficient (Wildman–Crippen LogP) is 4.73. The highest BCUT2D eigenvalue weighted by atomic mass is 35.5. The maximum atomic E-state index is 15.5. The summed E-state index contributed by atoms with van der Waals surface area (Å²) in [6, 6.07) is 2.43. The van der Waals surface area contributed by atoms with Gasteiger partial charge in [0.1, 0.15) is 12.2 Å². The summed E-state index contributed by atoms with van der Waals surface area (Å²) >= 11 is 12.8. The van der Waals surface area contributed by atoms with Crippen LogP contribution < -0.4 is 5.32 Å². The number of aliphatic hydroxyl groups is 1. The molecule has 198 valence electrons. The van der Waals surface area contributed by atoms with Gasteiger partial charge in [-0.3, -0.25) is 4.90 Å². The highest BCUT2D eigenvalue weighted by Gasteiger charge is 2.59. The first kappa shape index (κ1) is 25.1. The second kappa shape index (κ2) is 8.94. The van der Waals surface area contributed by atoms with Crippen molar-refractivity contribution in [3.8, 4) is 0 Å². The maximum absolute atomic E-state index is 15.5. The van der Waals surface area contributed by atoms with Crippen LogP contribution in [0.2, 0.25) is 10.2 Å². The zero-order valence-corrected chi connectivity index (χ0v) is 21.4. The van der Waals surface area contributed by atoms with Crippen LogP contribution >= 0.6 is 23.2 Å². The van der Waals surface area contributed by atoms with E-state index >= 15 is 4.39 Å². The molecule has 5 atom stereocenters. The number of benzene rings is 1. The van der Waals surface area contributed by atoms with Gasteiger partial charge in [-0.05, 0) is 37.6 Å². The number of nitrogens with one attached hydrogen (secondary N) is 1. The number of aliphatic hydroxyl groups excluding tert-OH is 1. The number of alkyl halides is 3. The zero-order chi connectivity index (χ0) is 26.1. The molecule has 2 aliphatic heterocycles. The van der Waals surface area contributed by atoms with Gasteiger partial charge in [0.15, 0.2) is 5.15 Å². The van der Waals surface area contributed by atoms with E-state index in [2.05, 4.69) is 20.4 Å². The molecule has 1 aromatic carbocycles. The molecule has 2 N–H and O–H groups in total. The SMILES string of the molecule is C[C@@]1(N2CCC(c3cc4nc(Nc5cnn(C6CC6(F)F)c5Cl)ncc4cc3Cl)C(F)C2)COCC1O. The van der Waals surface area contributed by atoms with Gasteiger partial charge >= 0.3 is 0 Å². The topological polar surface area (TPSA) is 88.3 Å². The van der Waals surface area contributed by atoms with Gasteiger partial charge in [0.05, 0.1) is 42.3 Å². The van der Waals surface area contributed by atoms with E-state index in [1.807, 2.05) is 11.8 Å². The van der Waals surface area contributed by atoms with Crippen molar-refractivity contribution in [3.05, 3.63) is 40.3 Å². The van der Waals surface area contributed by atoms with E-state index < -0.39 is 35.7 Å². The lowest BCUT2D eigenvalue weighted by Crippen LogP contribution is -2.58. The summed E-state index contributed by atoms with van der Waals surface area (Å²) in [6.07, 6.45) is 1.29. The summed E-state index contributed by atoms with van der Waals surface area (Å²) < 4.78 is 48.9. The van der Waals surface area contributed by atoms with Crippen molar-refractivity contribution in [2.75, 3.05) is 31.6 Å². The zero-order valence-electron chi connectivity index (χ0n) is 19.8. The lowest BCUT2D eigenvalue weighted by Gasteiger charge is -2.45. The Morgan fingerprint density at radius 1 is 1.24 bits per heavy atom. The summed E-state index contributed by atoms with van der Waals surface area (Å²) in [7, 11) is 0. The third kappa shape index (κ3) is 4.34. The minimum absolute atomic E-state index is 0.0428. The Hall–Kier alpha value is -2.18. The number of fused-ring (bicyclic) bond motifs is 1. The lowest BCUT2D eigenvalue weighted by molar-refractivity contribution is -0.0238. The van der Waals surface area contributed by atoms with Gasteiger partial charge in [0, 0.05) is 35.5 Å². The number of aromatic nitrogens is 4. The normalized spacial score (nSPS) is 31.6. The second-order valence-corrected chi connectivity index (χ2v) is 11.0. The van der Waals surface area contributed by atoms with Crippen molar-refractivity contribution < 1.29 is 23.0 Å². The number of likely N-dealkylation sites (tertiary alicyclic amines) is 1. The number of ether oxygens (including phenoxy) is 1. The number of hydrogen-bond donors (Lipinski definition) is 2. The summed E-state index contributed by atoms with van der Waals surface area (Å²) in [5.74, 6) is -3.05. The first-order chi connectivity index (χ1) is 17.6. The van der Waals surface area contributed by atoms with E-state index in [4.69, 9.17) is 27.9 Å². The fourth-order valence-electron chi connectivity index (χ4n) is 5.32. The fraction of sp³-hybridized carbons (Fsp3) is 0.542. The molecule has 0 radical (unpaired) electrons. The van der Waals surface area contributed by atoms with Crippen LogP contribution in [0.25, 0.3) is 10.9 Å². The van der Waals surface area contributed by atoms with Crippen LogP contribution in [0, 0.1) is 0 Å². The molecule has 37 heavy (non-hydrogen) atoms. The molecule has 0 bridgehead atoms. The van der Waals surface area contributed by atoms with Gasteiger partial charge < -0.3 is 15.2 Å². The molecule has 8 nitrogen and oxygen atoms in total. The standard InChI is InChI=1S/C24H25Cl2F3N6O2/c1-23(11-37-10-20(23)36)34-3-2-13(16(27)9-34)14-5-17-12(4-15(14)25)7-30-22(32-17)33-18-8-31-35(21(18)26)19-6-24(19,28)29/h4-5,7-8,13,16,19-20,36H,2-3,6,9-11H2,1H3,(H,30,32,33)/t13?,16?,19?,20?,23-/m1/s1. The number of hydrogen-bond acceptors (Lipinski definition) is 7. The van der Waals surface area contributed by atoms with Gasteiger partial charge in [-0.1, -0.05) is 23.2 Å². The Morgan fingerprint density at radius 2 is 2.03 bits per heavy atom. The smallest absolute Gasteiger partial charge is 0.272 e. The predicted molar refractivity (Wildman–Crippen MR) is 133 cm³/mol. The van der Waals surface area contributed by atoms with Crippen molar-refractivity contribution in [2.45, 2.75) is 55.5 Å². The molecular weight excluding hydrogens is 532 g/mol. The van der Waals surface area contributed by atoms with Crippen LogP contribution in [0.15, 0.2) is 24.5 Å². The molecule has 13 heteroatoms. The van der Waals surface area contributed by atoms with Gasteiger partial charge in [0.2, 0.25) is 5.95 Å².